The van der Waals surface area contributed by atoms with E-state index in [1.165, 1.54) is 109 Å². The maximum Gasteiger partial charge on any atom is 0.0714 e. The van der Waals surface area contributed by atoms with Gasteiger partial charge >= 0.3 is 0 Å². The SMILES string of the molecule is c1ccc(C2(c3ccccc3)c3ccccc3-c3ccc(-c4ccc(N(c5ccc(-c6cccc7c6sc6ccccc67)cc5)c5cccc6c5-c5ccccc5C6(c5ccccc5)c5ccccc5)cc4)cc32)cc1. The van der Waals surface area contributed by atoms with Crippen molar-refractivity contribution in [1.29, 1.82) is 0 Å². The molecule has 15 rings (SSSR count). The predicted molar refractivity (Wildman–Crippen MR) is 319 cm³/mol. The van der Waals surface area contributed by atoms with E-state index in [0.29, 0.717) is 0 Å². The number of thiophene rings is 1. The predicted octanol–water partition coefficient (Wildman–Crippen LogP) is 19.6. The van der Waals surface area contributed by atoms with Crippen molar-refractivity contribution in [3.63, 3.8) is 0 Å². The Morgan fingerprint density at radius 3 is 1.33 bits per heavy atom. The number of anilines is 3. The van der Waals surface area contributed by atoms with Crippen LogP contribution in [0.5, 0.6) is 0 Å². The third-order valence-corrected chi connectivity index (χ3v) is 17.7. The molecule has 2 heteroatoms. The molecule has 0 fully saturated rings. The second kappa shape index (κ2) is 17.7. The first-order chi connectivity index (χ1) is 37.7. The quantitative estimate of drug-likeness (QED) is 0.139. The minimum absolute atomic E-state index is 0.478. The second-order valence-corrected chi connectivity index (χ2v) is 21.3. The van der Waals surface area contributed by atoms with Crippen molar-refractivity contribution in [1.82, 2.24) is 0 Å². The van der Waals surface area contributed by atoms with Crippen LogP contribution in [-0.2, 0) is 10.8 Å². The van der Waals surface area contributed by atoms with Gasteiger partial charge < -0.3 is 4.90 Å². The molecule has 1 aromatic heterocycles. The average Bonchev–Trinajstić information content (AvgIpc) is 4.16. The first-order valence-corrected chi connectivity index (χ1v) is 27.1. The van der Waals surface area contributed by atoms with Gasteiger partial charge in [0.15, 0.2) is 0 Å². The number of benzene rings is 12. The molecule has 0 aliphatic heterocycles. The summed E-state index contributed by atoms with van der Waals surface area (Å²) in [5.74, 6) is 0. The molecular formula is C74H49NS. The third kappa shape index (κ3) is 6.51. The molecule has 0 atom stereocenters. The lowest BCUT2D eigenvalue weighted by Crippen LogP contribution is -2.28. The topological polar surface area (TPSA) is 3.24 Å². The van der Waals surface area contributed by atoms with Gasteiger partial charge in [0, 0.05) is 37.1 Å². The largest absolute Gasteiger partial charge is 0.310 e. The molecule has 356 valence electrons. The van der Waals surface area contributed by atoms with E-state index in [9.17, 15) is 0 Å². The summed E-state index contributed by atoms with van der Waals surface area (Å²) in [6.07, 6.45) is 0. The van der Waals surface area contributed by atoms with E-state index in [2.05, 4.69) is 302 Å². The number of fused-ring (bicyclic) bond motifs is 9. The Morgan fingerprint density at radius 1 is 0.276 bits per heavy atom. The van der Waals surface area contributed by atoms with Crippen molar-refractivity contribution in [2.45, 2.75) is 10.8 Å². The highest BCUT2D eigenvalue weighted by molar-refractivity contribution is 7.26. The standard InChI is InChI=1S/C74H49NS/c1-5-21-53(22-6-1)73(54-23-7-2-8-24-54)66-35-17-14-31-64(66)71-67(73)36-20-37-69(71)75(58-46-41-51(42-47-58)59-32-19-33-63-62-30-15-18-38-70(62)76-72(59)63)57-44-39-50(40-45-57)52-43-48-61-60-29-13-16-34-65(60)74(68(61)49-52,55-25-9-3-10-26-55)56-27-11-4-12-28-56/h1-49H. The molecule has 0 radical (unpaired) electrons. The summed E-state index contributed by atoms with van der Waals surface area (Å²) >= 11 is 1.88. The molecule has 0 bridgehead atoms. The molecule has 13 aromatic rings. The molecule has 0 amide bonds. The highest BCUT2D eigenvalue weighted by Crippen LogP contribution is 2.60. The zero-order chi connectivity index (χ0) is 50.2. The molecule has 0 saturated heterocycles. The first kappa shape index (κ1) is 44.2. The van der Waals surface area contributed by atoms with E-state index >= 15 is 0 Å². The fourth-order valence-corrected chi connectivity index (χ4v) is 14.5. The van der Waals surface area contributed by atoms with Crippen LogP contribution in [-0.4, -0.2) is 0 Å². The number of hydrogen-bond donors (Lipinski definition) is 0. The van der Waals surface area contributed by atoms with Gasteiger partial charge in [-0.25, -0.2) is 0 Å². The smallest absolute Gasteiger partial charge is 0.0714 e. The van der Waals surface area contributed by atoms with E-state index in [-0.39, 0.29) is 0 Å². The van der Waals surface area contributed by atoms with Crippen molar-refractivity contribution in [2.24, 2.45) is 0 Å². The zero-order valence-electron chi connectivity index (χ0n) is 41.6. The van der Waals surface area contributed by atoms with Crippen molar-refractivity contribution < 1.29 is 0 Å². The van der Waals surface area contributed by atoms with Gasteiger partial charge in [-0.3, -0.25) is 0 Å². The molecule has 0 unspecified atom stereocenters. The Bertz CT molecular complexity index is 4230. The summed E-state index contributed by atoms with van der Waals surface area (Å²) in [5, 5.41) is 2.62. The van der Waals surface area contributed by atoms with Gasteiger partial charge in [0.05, 0.1) is 16.5 Å². The molecule has 76 heavy (non-hydrogen) atoms. The summed E-state index contributed by atoms with van der Waals surface area (Å²) in [5.41, 5.74) is 22.4. The van der Waals surface area contributed by atoms with Crippen LogP contribution in [0, 0.1) is 0 Å². The molecule has 0 spiro atoms. The Balaban J connectivity index is 0.914. The maximum atomic E-state index is 2.49. The normalized spacial score (nSPS) is 13.5. The molecule has 1 heterocycles. The van der Waals surface area contributed by atoms with Gasteiger partial charge in [-0.15, -0.1) is 11.3 Å². The van der Waals surface area contributed by atoms with E-state index < -0.39 is 10.8 Å². The minimum atomic E-state index is -0.533. The van der Waals surface area contributed by atoms with Crippen LogP contribution in [0.1, 0.15) is 44.5 Å². The van der Waals surface area contributed by atoms with Crippen LogP contribution >= 0.6 is 11.3 Å². The Labute approximate surface area is 447 Å². The highest BCUT2D eigenvalue weighted by Gasteiger charge is 2.48. The van der Waals surface area contributed by atoms with E-state index in [1.54, 1.807) is 0 Å². The van der Waals surface area contributed by atoms with Gasteiger partial charge in [-0.2, -0.15) is 0 Å². The van der Waals surface area contributed by atoms with Gasteiger partial charge in [-0.1, -0.05) is 255 Å². The van der Waals surface area contributed by atoms with Crippen molar-refractivity contribution in [2.75, 3.05) is 4.90 Å². The lowest BCUT2D eigenvalue weighted by atomic mass is 9.67. The third-order valence-electron chi connectivity index (χ3n) is 16.5. The Morgan fingerprint density at radius 2 is 0.711 bits per heavy atom. The Hall–Kier alpha value is -9.34. The summed E-state index contributed by atoms with van der Waals surface area (Å²) < 4.78 is 2.63. The van der Waals surface area contributed by atoms with Gasteiger partial charge in [0.25, 0.3) is 0 Å². The van der Waals surface area contributed by atoms with Crippen LogP contribution in [0.15, 0.2) is 297 Å². The number of rotatable bonds is 9. The fraction of sp³-hybridized carbons (Fsp3) is 0.0270. The van der Waals surface area contributed by atoms with E-state index in [1.807, 2.05) is 11.3 Å². The van der Waals surface area contributed by atoms with Crippen molar-refractivity contribution in [3.8, 4) is 44.5 Å². The molecule has 2 aliphatic rings. The molecular weight excluding hydrogens is 935 g/mol. The second-order valence-electron chi connectivity index (χ2n) is 20.2. The summed E-state index contributed by atoms with van der Waals surface area (Å²) in [4.78, 5) is 2.49. The van der Waals surface area contributed by atoms with Gasteiger partial charge in [0.2, 0.25) is 0 Å². The number of hydrogen-bond acceptors (Lipinski definition) is 2. The lowest BCUT2D eigenvalue weighted by Gasteiger charge is -2.34. The Kier molecular flexibility index (Phi) is 10.3. The zero-order valence-corrected chi connectivity index (χ0v) is 42.5. The molecule has 1 nitrogen and oxygen atoms in total. The van der Waals surface area contributed by atoms with Crippen molar-refractivity contribution in [3.05, 3.63) is 342 Å². The maximum absolute atomic E-state index is 2.49. The van der Waals surface area contributed by atoms with Crippen LogP contribution < -0.4 is 4.90 Å². The van der Waals surface area contributed by atoms with Crippen LogP contribution in [0.25, 0.3) is 64.7 Å². The fourth-order valence-electron chi connectivity index (χ4n) is 13.3. The first-order valence-electron chi connectivity index (χ1n) is 26.3. The van der Waals surface area contributed by atoms with Crippen LogP contribution in [0.4, 0.5) is 17.1 Å². The summed E-state index contributed by atoms with van der Waals surface area (Å²) in [7, 11) is 0. The van der Waals surface area contributed by atoms with Gasteiger partial charge in [-0.05, 0) is 126 Å². The monoisotopic (exact) mass is 983 g/mol. The van der Waals surface area contributed by atoms with Crippen LogP contribution in [0.3, 0.4) is 0 Å². The number of nitrogens with zero attached hydrogens (tertiary/aromatic N) is 1. The summed E-state index contributed by atoms with van der Waals surface area (Å²) in [6.45, 7) is 0. The van der Waals surface area contributed by atoms with Crippen molar-refractivity contribution >= 4 is 48.6 Å². The average molecular weight is 984 g/mol. The minimum Gasteiger partial charge on any atom is -0.310 e. The molecule has 12 aromatic carbocycles. The van der Waals surface area contributed by atoms with Gasteiger partial charge in [0.1, 0.15) is 0 Å². The molecule has 0 N–H and O–H groups in total. The molecule has 0 saturated carbocycles. The van der Waals surface area contributed by atoms with E-state index in [0.717, 1.165) is 17.1 Å². The molecule has 2 aliphatic carbocycles. The van der Waals surface area contributed by atoms with Crippen LogP contribution in [0.2, 0.25) is 0 Å². The highest BCUT2D eigenvalue weighted by atomic mass is 32.1. The lowest BCUT2D eigenvalue weighted by molar-refractivity contribution is 0.768. The van der Waals surface area contributed by atoms with E-state index in [4.69, 9.17) is 0 Å². The summed E-state index contributed by atoms with van der Waals surface area (Å²) in [6, 6.07) is 111.